The number of hydrogen-bond donors (Lipinski definition) is 1. The Morgan fingerprint density at radius 3 is 2.39 bits per heavy atom. The fourth-order valence-corrected chi connectivity index (χ4v) is 5.16. The van der Waals surface area contributed by atoms with Gasteiger partial charge in [-0.2, -0.15) is 0 Å². The van der Waals surface area contributed by atoms with Gasteiger partial charge in [-0.05, 0) is 37.5 Å². The van der Waals surface area contributed by atoms with Gasteiger partial charge in [0, 0.05) is 13.1 Å². The number of aryl methyl sites for hydroxylation is 1. The van der Waals surface area contributed by atoms with Crippen LogP contribution in [0.5, 0.6) is 0 Å². The van der Waals surface area contributed by atoms with E-state index >= 15 is 0 Å². The molecule has 1 aliphatic rings. The molecule has 0 saturated carbocycles. The number of benzene rings is 2. The number of amides is 3. The van der Waals surface area contributed by atoms with E-state index in [0.29, 0.717) is 10.8 Å². The molecule has 9 heteroatoms. The molecule has 1 unspecified atom stereocenters. The van der Waals surface area contributed by atoms with Gasteiger partial charge < -0.3 is 10.2 Å². The molecule has 0 bridgehead atoms. The highest BCUT2D eigenvalue weighted by Gasteiger charge is 2.43. The molecule has 1 heterocycles. The maximum absolute atomic E-state index is 13.3. The van der Waals surface area contributed by atoms with Crippen molar-refractivity contribution in [2.24, 2.45) is 5.92 Å². The van der Waals surface area contributed by atoms with E-state index in [2.05, 4.69) is 5.32 Å². The molecule has 3 amide bonds. The first-order chi connectivity index (χ1) is 15.5. The van der Waals surface area contributed by atoms with Crippen molar-refractivity contribution < 1.29 is 22.8 Å². The topological polar surface area (TPSA) is 104 Å². The van der Waals surface area contributed by atoms with Crippen molar-refractivity contribution in [3.05, 3.63) is 65.2 Å². The minimum atomic E-state index is -4.14. The Morgan fingerprint density at radius 1 is 1.06 bits per heavy atom. The fourth-order valence-electron chi connectivity index (χ4n) is 3.64. The Hall–Kier alpha value is -3.20. The van der Waals surface area contributed by atoms with Gasteiger partial charge in [-0.1, -0.05) is 55.8 Å². The lowest BCUT2D eigenvalue weighted by atomic mass is 10.1. The van der Waals surface area contributed by atoms with E-state index in [1.807, 2.05) is 45.0 Å². The van der Waals surface area contributed by atoms with E-state index in [0.717, 1.165) is 11.1 Å². The number of hydrogen-bond acceptors (Lipinski definition) is 5. The first-order valence-corrected chi connectivity index (χ1v) is 12.2. The Morgan fingerprint density at radius 2 is 1.76 bits per heavy atom. The lowest BCUT2D eigenvalue weighted by Crippen LogP contribution is -2.51. The van der Waals surface area contributed by atoms with E-state index in [4.69, 9.17) is 0 Å². The van der Waals surface area contributed by atoms with Crippen LogP contribution in [-0.4, -0.2) is 54.5 Å². The number of nitrogens with zero attached hydrogens (tertiary/aromatic N) is 2. The molecular weight excluding hydrogens is 442 g/mol. The standard InChI is InChI=1S/C24H29N3O5S/c1-16(2)13-25-23(29)18(4)26(14-19-9-7-8-17(3)12-19)22(28)15-27-24(30)20-10-5-6-11-21(20)33(27,31)32/h5-12,16,18H,13-15H2,1-4H3,(H,25,29). The summed E-state index contributed by atoms with van der Waals surface area (Å²) in [6.45, 7) is 7.31. The molecule has 1 aliphatic heterocycles. The molecule has 2 aromatic carbocycles. The van der Waals surface area contributed by atoms with Crippen LogP contribution in [0.3, 0.4) is 0 Å². The SMILES string of the molecule is Cc1cccc(CN(C(=O)CN2C(=O)c3ccccc3S2(=O)=O)C(C)C(=O)NCC(C)C)c1. The van der Waals surface area contributed by atoms with Crippen molar-refractivity contribution >= 4 is 27.7 Å². The van der Waals surface area contributed by atoms with Crippen LogP contribution in [0.4, 0.5) is 0 Å². The molecule has 8 nitrogen and oxygen atoms in total. The second-order valence-corrected chi connectivity index (χ2v) is 10.5. The number of sulfonamides is 1. The van der Waals surface area contributed by atoms with Crippen molar-refractivity contribution in [3.8, 4) is 0 Å². The van der Waals surface area contributed by atoms with Crippen LogP contribution in [0.2, 0.25) is 0 Å². The highest BCUT2D eigenvalue weighted by Crippen LogP contribution is 2.30. The highest BCUT2D eigenvalue weighted by molar-refractivity contribution is 7.90. The second kappa shape index (κ2) is 9.74. The fraction of sp³-hybridized carbons (Fsp3) is 0.375. The normalized spacial score (nSPS) is 15.3. The van der Waals surface area contributed by atoms with E-state index in [-0.39, 0.29) is 28.8 Å². The molecule has 0 aliphatic carbocycles. The van der Waals surface area contributed by atoms with Gasteiger partial charge >= 0.3 is 0 Å². The van der Waals surface area contributed by atoms with Crippen molar-refractivity contribution in [1.82, 2.24) is 14.5 Å². The van der Waals surface area contributed by atoms with Gasteiger partial charge in [0.25, 0.3) is 15.9 Å². The van der Waals surface area contributed by atoms with Gasteiger partial charge in [-0.15, -0.1) is 0 Å². The molecular formula is C24H29N3O5S. The number of carbonyl (C=O) groups is 3. The van der Waals surface area contributed by atoms with Gasteiger partial charge in [0.2, 0.25) is 11.8 Å². The second-order valence-electron chi connectivity index (χ2n) is 8.64. The van der Waals surface area contributed by atoms with E-state index in [1.54, 1.807) is 13.0 Å². The molecule has 0 saturated heterocycles. The molecule has 1 N–H and O–H groups in total. The molecule has 2 aromatic rings. The number of rotatable bonds is 8. The molecule has 0 spiro atoms. The lowest BCUT2D eigenvalue weighted by Gasteiger charge is -2.30. The number of nitrogens with one attached hydrogen (secondary N) is 1. The highest BCUT2D eigenvalue weighted by atomic mass is 32.2. The van der Waals surface area contributed by atoms with Crippen LogP contribution in [0, 0.1) is 12.8 Å². The third kappa shape index (κ3) is 5.24. The zero-order valence-electron chi connectivity index (χ0n) is 19.2. The maximum atomic E-state index is 13.3. The summed E-state index contributed by atoms with van der Waals surface area (Å²) in [4.78, 5) is 40.1. The predicted octanol–water partition coefficient (Wildman–Crippen LogP) is 2.33. The van der Waals surface area contributed by atoms with Crippen LogP contribution in [0.1, 0.15) is 42.3 Å². The third-order valence-corrected chi connectivity index (χ3v) is 7.27. The summed E-state index contributed by atoms with van der Waals surface area (Å²) in [5, 5.41) is 2.82. The van der Waals surface area contributed by atoms with Crippen molar-refractivity contribution in [2.75, 3.05) is 13.1 Å². The van der Waals surface area contributed by atoms with Crippen LogP contribution >= 0.6 is 0 Å². The molecule has 33 heavy (non-hydrogen) atoms. The number of fused-ring (bicyclic) bond motifs is 1. The van der Waals surface area contributed by atoms with Crippen molar-refractivity contribution in [2.45, 2.75) is 45.2 Å². The first kappa shape index (κ1) is 24.4. The van der Waals surface area contributed by atoms with Crippen LogP contribution < -0.4 is 5.32 Å². The molecule has 3 rings (SSSR count). The third-order valence-electron chi connectivity index (χ3n) is 5.48. The van der Waals surface area contributed by atoms with Gasteiger partial charge in [0.05, 0.1) is 5.56 Å². The summed E-state index contributed by atoms with van der Waals surface area (Å²) in [6, 6.07) is 12.5. The Kier molecular flexibility index (Phi) is 7.22. The minimum Gasteiger partial charge on any atom is -0.354 e. The van der Waals surface area contributed by atoms with Crippen LogP contribution in [0.15, 0.2) is 53.4 Å². The first-order valence-electron chi connectivity index (χ1n) is 10.8. The largest absolute Gasteiger partial charge is 0.354 e. The zero-order chi connectivity index (χ0) is 24.3. The summed E-state index contributed by atoms with van der Waals surface area (Å²) in [5.74, 6) is -1.49. The van der Waals surface area contributed by atoms with Crippen LogP contribution in [0.25, 0.3) is 0 Å². The maximum Gasteiger partial charge on any atom is 0.269 e. The van der Waals surface area contributed by atoms with Crippen molar-refractivity contribution in [3.63, 3.8) is 0 Å². The van der Waals surface area contributed by atoms with Gasteiger partial charge in [-0.25, -0.2) is 12.7 Å². The van der Waals surface area contributed by atoms with E-state index < -0.39 is 34.4 Å². The summed E-state index contributed by atoms with van der Waals surface area (Å²) in [5.41, 5.74) is 1.83. The van der Waals surface area contributed by atoms with Crippen LogP contribution in [-0.2, 0) is 26.2 Å². The summed E-state index contributed by atoms with van der Waals surface area (Å²) >= 11 is 0. The summed E-state index contributed by atoms with van der Waals surface area (Å²) in [6.07, 6.45) is 0. The van der Waals surface area contributed by atoms with E-state index in [9.17, 15) is 22.8 Å². The average Bonchev–Trinajstić information content (AvgIpc) is 2.96. The molecule has 176 valence electrons. The summed E-state index contributed by atoms with van der Waals surface area (Å²) < 4.78 is 26.4. The average molecular weight is 472 g/mol. The number of carbonyl (C=O) groups excluding carboxylic acids is 3. The van der Waals surface area contributed by atoms with Gasteiger partial charge in [0.15, 0.2) is 0 Å². The molecule has 0 fully saturated rings. The predicted molar refractivity (Wildman–Crippen MR) is 124 cm³/mol. The monoisotopic (exact) mass is 471 g/mol. The minimum absolute atomic E-state index is 0.0401. The Bertz CT molecular complexity index is 1180. The Labute approximate surface area is 194 Å². The van der Waals surface area contributed by atoms with Gasteiger partial charge in [0.1, 0.15) is 17.5 Å². The lowest BCUT2D eigenvalue weighted by molar-refractivity contribution is -0.140. The van der Waals surface area contributed by atoms with Crippen molar-refractivity contribution in [1.29, 1.82) is 0 Å². The quantitative estimate of drug-likeness (QED) is 0.636. The molecule has 0 radical (unpaired) electrons. The van der Waals surface area contributed by atoms with E-state index in [1.165, 1.54) is 23.1 Å². The van der Waals surface area contributed by atoms with Gasteiger partial charge in [-0.3, -0.25) is 14.4 Å². The summed E-state index contributed by atoms with van der Waals surface area (Å²) in [7, 11) is -4.14. The Balaban J connectivity index is 1.87. The molecule has 0 aromatic heterocycles. The molecule has 1 atom stereocenters. The zero-order valence-corrected chi connectivity index (χ0v) is 20.1. The smallest absolute Gasteiger partial charge is 0.269 e.